The molecule has 0 saturated carbocycles. The van der Waals surface area contributed by atoms with E-state index in [1.807, 2.05) is 31.2 Å². The van der Waals surface area contributed by atoms with E-state index < -0.39 is 17.9 Å². The van der Waals surface area contributed by atoms with Crippen LogP contribution in [0, 0.1) is 12.8 Å². The van der Waals surface area contributed by atoms with Gasteiger partial charge in [-0.25, -0.2) is 4.79 Å². The number of ether oxygens (including phenoxy) is 2. The molecule has 6 heteroatoms. The number of rotatable bonds is 5. The summed E-state index contributed by atoms with van der Waals surface area (Å²) >= 11 is 0. The number of hydrogen-bond donors (Lipinski definition) is 0. The first-order valence-electron chi connectivity index (χ1n) is 7.33. The monoisotopic (exact) mass is 304 g/mol. The summed E-state index contributed by atoms with van der Waals surface area (Å²) in [4.78, 5) is 24.1. The predicted molar refractivity (Wildman–Crippen MR) is 82.7 cm³/mol. The van der Waals surface area contributed by atoms with E-state index in [-0.39, 0.29) is 25.5 Å². The Morgan fingerprint density at radius 1 is 1.18 bits per heavy atom. The van der Waals surface area contributed by atoms with Crippen LogP contribution in [0.5, 0.6) is 0 Å². The molecule has 0 amide bonds. The van der Waals surface area contributed by atoms with Crippen LogP contribution in [0.4, 0.5) is 5.69 Å². The lowest BCUT2D eigenvalue weighted by molar-refractivity contribution is -0.146. The number of esters is 2. The second kappa shape index (κ2) is 7.06. The summed E-state index contributed by atoms with van der Waals surface area (Å²) < 4.78 is 10.0. The second-order valence-electron chi connectivity index (χ2n) is 4.93. The number of anilines is 1. The number of benzene rings is 1. The van der Waals surface area contributed by atoms with Crippen molar-refractivity contribution in [3.8, 4) is 0 Å². The first-order chi connectivity index (χ1) is 10.6. The van der Waals surface area contributed by atoms with E-state index >= 15 is 0 Å². The molecule has 1 heterocycles. The summed E-state index contributed by atoms with van der Waals surface area (Å²) in [5.41, 5.74) is 2.04. The van der Waals surface area contributed by atoms with E-state index in [0.717, 1.165) is 11.3 Å². The van der Waals surface area contributed by atoms with Crippen LogP contribution in [0.3, 0.4) is 0 Å². The SMILES string of the molecule is CCOC(=O)C1=NN(c2ccc(C)cc2)CC1C(=O)OCC. The first-order valence-corrected chi connectivity index (χ1v) is 7.33. The molecule has 22 heavy (non-hydrogen) atoms. The van der Waals surface area contributed by atoms with Gasteiger partial charge in [0.15, 0.2) is 5.71 Å². The molecule has 0 saturated heterocycles. The summed E-state index contributed by atoms with van der Waals surface area (Å²) in [5, 5.41) is 5.90. The fourth-order valence-electron chi connectivity index (χ4n) is 2.20. The number of hydrazone groups is 1. The van der Waals surface area contributed by atoms with Gasteiger partial charge in [0.2, 0.25) is 0 Å². The highest BCUT2D eigenvalue weighted by Crippen LogP contribution is 2.24. The number of carbonyl (C=O) groups is 2. The highest BCUT2D eigenvalue weighted by Gasteiger charge is 2.39. The quantitative estimate of drug-likeness (QED) is 0.777. The zero-order valence-corrected chi connectivity index (χ0v) is 13.0. The van der Waals surface area contributed by atoms with Crippen LogP contribution in [0.25, 0.3) is 0 Å². The maximum atomic E-state index is 12.1. The van der Waals surface area contributed by atoms with E-state index in [1.54, 1.807) is 18.9 Å². The third-order valence-corrected chi connectivity index (χ3v) is 3.30. The van der Waals surface area contributed by atoms with Gasteiger partial charge in [-0.05, 0) is 32.9 Å². The summed E-state index contributed by atoms with van der Waals surface area (Å²) in [7, 11) is 0. The fraction of sp³-hybridized carbons (Fsp3) is 0.438. The Hall–Kier alpha value is -2.37. The number of hydrogen-bond acceptors (Lipinski definition) is 6. The Labute approximate surface area is 129 Å². The smallest absolute Gasteiger partial charge is 0.355 e. The molecule has 6 nitrogen and oxygen atoms in total. The molecular weight excluding hydrogens is 284 g/mol. The van der Waals surface area contributed by atoms with Gasteiger partial charge in [0.05, 0.1) is 25.4 Å². The van der Waals surface area contributed by atoms with Crippen molar-refractivity contribution in [3.05, 3.63) is 29.8 Å². The van der Waals surface area contributed by atoms with Crippen molar-refractivity contribution in [2.24, 2.45) is 11.0 Å². The summed E-state index contributed by atoms with van der Waals surface area (Å²) in [6.07, 6.45) is 0. The van der Waals surface area contributed by atoms with Crippen molar-refractivity contribution in [1.82, 2.24) is 0 Å². The van der Waals surface area contributed by atoms with Gasteiger partial charge in [0.25, 0.3) is 0 Å². The van der Waals surface area contributed by atoms with Crippen molar-refractivity contribution in [1.29, 1.82) is 0 Å². The van der Waals surface area contributed by atoms with Gasteiger partial charge < -0.3 is 9.47 Å². The summed E-state index contributed by atoms with van der Waals surface area (Å²) in [6, 6.07) is 7.70. The maximum absolute atomic E-state index is 12.1. The largest absolute Gasteiger partial charge is 0.465 e. The highest BCUT2D eigenvalue weighted by molar-refractivity contribution is 6.41. The minimum Gasteiger partial charge on any atom is -0.465 e. The molecule has 0 aromatic heterocycles. The minimum atomic E-state index is -0.722. The lowest BCUT2D eigenvalue weighted by Gasteiger charge is -2.15. The Morgan fingerprint density at radius 3 is 2.41 bits per heavy atom. The molecule has 0 aliphatic carbocycles. The lowest BCUT2D eigenvalue weighted by Crippen LogP contribution is -2.33. The first kappa shape index (κ1) is 16.0. The predicted octanol–water partition coefficient (Wildman–Crippen LogP) is 1.91. The number of nitrogens with zero attached hydrogens (tertiary/aromatic N) is 2. The van der Waals surface area contributed by atoms with Gasteiger partial charge in [-0.3, -0.25) is 9.80 Å². The standard InChI is InChI=1S/C16H20N2O4/c1-4-21-15(19)13-10-18(12-8-6-11(3)7-9-12)17-14(13)16(20)22-5-2/h6-9,13H,4-5,10H2,1-3H3. The van der Waals surface area contributed by atoms with E-state index in [9.17, 15) is 9.59 Å². The van der Waals surface area contributed by atoms with Crippen molar-refractivity contribution in [2.45, 2.75) is 20.8 Å². The third-order valence-electron chi connectivity index (χ3n) is 3.30. The van der Waals surface area contributed by atoms with E-state index in [2.05, 4.69) is 5.10 Å². The van der Waals surface area contributed by atoms with Gasteiger partial charge in [0, 0.05) is 0 Å². The van der Waals surface area contributed by atoms with Crippen molar-refractivity contribution < 1.29 is 19.1 Å². The molecule has 118 valence electrons. The van der Waals surface area contributed by atoms with E-state index in [4.69, 9.17) is 9.47 Å². The average molecular weight is 304 g/mol. The lowest BCUT2D eigenvalue weighted by atomic mass is 10.0. The Kier molecular flexibility index (Phi) is 5.14. The number of carbonyl (C=O) groups excluding carboxylic acids is 2. The van der Waals surface area contributed by atoms with E-state index in [0.29, 0.717) is 0 Å². The Balaban J connectivity index is 2.25. The molecule has 1 aromatic rings. The van der Waals surface area contributed by atoms with Gasteiger partial charge in [-0.2, -0.15) is 5.10 Å². The number of aryl methyl sites for hydroxylation is 1. The average Bonchev–Trinajstić information content (AvgIpc) is 2.94. The van der Waals surface area contributed by atoms with Gasteiger partial charge in [-0.15, -0.1) is 0 Å². The normalized spacial score (nSPS) is 17.1. The molecule has 1 unspecified atom stereocenters. The molecule has 0 fully saturated rings. The van der Waals surface area contributed by atoms with Crippen LogP contribution >= 0.6 is 0 Å². The fourth-order valence-corrected chi connectivity index (χ4v) is 2.20. The van der Waals surface area contributed by atoms with Crippen LogP contribution in [-0.4, -0.2) is 37.4 Å². The molecule has 1 aliphatic rings. The van der Waals surface area contributed by atoms with Gasteiger partial charge >= 0.3 is 11.9 Å². The molecule has 1 atom stereocenters. The maximum Gasteiger partial charge on any atom is 0.355 e. The summed E-state index contributed by atoms with van der Waals surface area (Å²) in [6.45, 7) is 6.20. The molecule has 2 rings (SSSR count). The molecule has 0 radical (unpaired) electrons. The molecule has 0 bridgehead atoms. The molecule has 1 aromatic carbocycles. The second-order valence-corrected chi connectivity index (χ2v) is 4.93. The van der Waals surface area contributed by atoms with Gasteiger partial charge in [-0.1, -0.05) is 17.7 Å². The van der Waals surface area contributed by atoms with Crippen molar-refractivity contribution in [3.63, 3.8) is 0 Å². The van der Waals surface area contributed by atoms with Crippen LogP contribution < -0.4 is 5.01 Å². The molecule has 0 N–H and O–H groups in total. The molecule has 1 aliphatic heterocycles. The molecule has 0 spiro atoms. The third kappa shape index (κ3) is 3.44. The van der Waals surface area contributed by atoms with Gasteiger partial charge in [0.1, 0.15) is 5.92 Å². The highest BCUT2D eigenvalue weighted by atomic mass is 16.5. The topological polar surface area (TPSA) is 68.2 Å². The Morgan fingerprint density at radius 2 is 1.82 bits per heavy atom. The van der Waals surface area contributed by atoms with Crippen molar-refractivity contribution in [2.75, 3.05) is 24.8 Å². The zero-order valence-electron chi connectivity index (χ0n) is 13.0. The van der Waals surface area contributed by atoms with Crippen LogP contribution in [-0.2, 0) is 19.1 Å². The Bertz CT molecular complexity index is 580. The summed E-state index contributed by atoms with van der Waals surface area (Å²) in [5.74, 6) is -1.75. The van der Waals surface area contributed by atoms with Crippen LogP contribution in [0.1, 0.15) is 19.4 Å². The van der Waals surface area contributed by atoms with Crippen LogP contribution in [0.2, 0.25) is 0 Å². The zero-order chi connectivity index (χ0) is 16.1. The minimum absolute atomic E-state index is 0.0980. The van der Waals surface area contributed by atoms with Crippen molar-refractivity contribution >= 4 is 23.3 Å². The van der Waals surface area contributed by atoms with Crippen LogP contribution in [0.15, 0.2) is 29.4 Å². The molecular formula is C16H20N2O4. The van der Waals surface area contributed by atoms with E-state index in [1.165, 1.54) is 0 Å².